The van der Waals surface area contributed by atoms with Crippen molar-refractivity contribution in [3.8, 4) is 0 Å². The molecule has 0 aromatic rings. The number of carboxylic acid groups (broad SMARTS) is 1. The van der Waals surface area contributed by atoms with Crippen LogP contribution in [0.1, 0.15) is 32.6 Å². The Balaban J connectivity index is 1.92. The van der Waals surface area contributed by atoms with E-state index in [0.29, 0.717) is 37.4 Å². The number of nitrogens with zero attached hydrogens (tertiary/aromatic N) is 3. The van der Waals surface area contributed by atoms with Crippen molar-refractivity contribution in [3.05, 3.63) is 0 Å². The van der Waals surface area contributed by atoms with Crippen LogP contribution in [0, 0.1) is 5.92 Å². The molecule has 2 aliphatic heterocycles. The SMILES string of the molecule is CCCC(=O)N1CSCC1C(=O)N(C)CC(=O)N1CCCC(C(=O)O)C1. The zero-order chi connectivity index (χ0) is 19.3. The highest BCUT2D eigenvalue weighted by Crippen LogP contribution is 2.23. The molecule has 2 fully saturated rings. The molecule has 0 aliphatic carbocycles. The summed E-state index contributed by atoms with van der Waals surface area (Å²) in [5, 5.41) is 9.13. The molecule has 9 heteroatoms. The lowest BCUT2D eigenvalue weighted by molar-refractivity contribution is -0.148. The third kappa shape index (κ3) is 4.90. The molecule has 0 spiro atoms. The molecule has 0 aromatic heterocycles. The van der Waals surface area contributed by atoms with Crippen LogP contribution in [0.3, 0.4) is 0 Å². The fourth-order valence-electron chi connectivity index (χ4n) is 3.29. The number of hydrogen-bond donors (Lipinski definition) is 1. The van der Waals surface area contributed by atoms with E-state index in [-0.39, 0.29) is 30.8 Å². The number of thioether (sulfide) groups is 1. The van der Waals surface area contributed by atoms with E-state index in [2.05, 4.69) is 0 Å². The Morgan fingerprint density at radius 2 is 1.96 bits per heavy atom. The van der Waals surface area contributed by atoms with Crippen LogP contribution in [0.25, 0.3) is 0 Å². The lowest BCUT2D eigenvalue weighted by atomic mass is 9.98. The van der Waals surface area contributed by atoms with Crippen LogP contribution in [0.5, 0.6) is 0 Å². The highest BCUT2D eigenvalue weighted by Gasteiger charge is 2.37. The molecule has 0 saturated carbocycles. The summed E-state index contributed by atoms with van der Waals surface area (Å²) in [4.78, 5) is 53.0. The summed E-state index contributed by atoms with van der Waals surface area (Å²) >= 11 is 1.54. The summed E-state index contributed by atoms with van der Waals surface area (Å²) in [6.07, 6.45) is 2.37. The Morgan fingerprint density at radius 1 is 1.23 bits per heavy atom. The van der Waals surface area contributed by atoms with E-state index in [4.69, 9.17) is 5.11 Å². The topological polar surface area (TPSA) is 98.2 Å². The average Bonchev–Trinajstić information content (AvgIpc) is 3.11. The van der Waals surface area contributed by atoms with Gasteiger partial charge in [0.1, 0.15) is 6.04 Å². The first-order chi connectivity index (χ1) is 12.3. The molecule has 1 N–H and O–H groups in total. The molecule has 2 aliphatic rings. The number of carboxylic acids is 1. The van der Waals surface area contributed by atoms with Crippen molar-refractivity contribution in [1.82, 2.24) is 14.7 Å². The van der Waals surface area contributed by atoms with Crippen LogP contribution < -0.4 is 0 Å². The molecule has 8 nitrogen and oxygen atoms in total. The van der Waals surface area contributed by atoms with Crippen molar-refractivity contribution < 1.29 is 24.3 Å². The van der Waals surface area contributed by atoms with Crippen LogP contribution >= 0.6 is 11.8 Å². The van der Waals surface area contributed by atoms with E-state index in [1.54, 1.807) is 11.9 Å². The third-order valence-electron chi connectivity index (χ3n) is 4.82. The maximum absolute atomic E-state index is 12.7. The fourth-order valence-corrected chi connectivity index (χ4v) is 4.46. The maximum atomic E-state index is 12.7. The normalized spacial score (nSPS) is 23.0. The Bertz CT molecular complexity index is 571. The lowest BCUT2D eigenvalue weighted by Gasteiger charge is -2.33. The average molecular weight is 385 g/mol. The van der Waals surface area contributed by atoms with E-state index >= 15 is 0 Å². The largest absolute Gasteiger partial charge is 0.481 e. The van der Waals surface area contributed by atoms with Crippen LogP contribution in [0.4, 0.5) is 0 Å². The number of rotatable bonds is 6. The van der Waals surface area contributed by atoms with Crippen LogP contribution in [-0.2, 0) is 19.2 Å². The predicted octanol–water partition coefficient (Wildman–Crippen LogP) is 0.470. The van der Waals surface area contributed by atoms with Gasteiger partial charge in [0.2, 0.25) is 17.7 Å². The van der Waals surface area contributed by atoms with Gasteiger partial charge < -0.3 is 19.8 Å². The maximum Gasteiger partial charge on any atom is 0.308 e. The highest BCUT2D eigenvalue weighted by atomic mass is 32.2. The van der Waals surface area contributed by atoms with Gasteiger partial charge in [-0.25, -0.2) is 0 Å². The molecule has 26 heavy (non-hydrogen) atoms. The number of likely N-dealkylation sites (N-methyl/N-ethyl adjacent to an activating group) is 1. The van der Waals surface area contributed by atoms with Crippen molar-refractivity contribution in [2.75, 3.05) is 38.3 Å². The van der Waals surface area contributed by atoms with Gasteiger partial charge in [0, 0.05) is 32.3 Å². The summed E-state index contributed by atoms with van der Waals surface area (Å²) in [6, 6.07) is -0.523. The molecule has 3 amide bonds. The molecule has 2 unspecified atom stereocenters. The first-order valence-electron chi connectivity index (χ1n) is 8.97. The molecule has 0 bridgehead atoms. The summed E-state index contributed by atoms with van der Waals surface area (Å²) < 4.78 is 0. The Hall–Kier alpha value is -1.77. The zero-order valence-corrected chi connectivity index (χ0v) is 16.2. The van der Waals surface area contributed by atoms with Crippen molar-refractivity contribution >= 4 is 35.5 Å². The second kappa shape index (κ2) is 9.25. The van der Waals surface area contributed by atoms with Gasteiger partial charge in [-0.15, -0.1) is 11.8 Å². The number of amides is 3. The molecule has 2 heterocycles. The second-order valence-corrected chi connectivity index (χ2v) is 7.84. The zero-order valence-electron chi connectivity index (χ0n) is 15.3. The summed E-state index contributed by atoms with van der Waals surface area (Å²) in [7, 11) is 1.56. The molecule has 2 saturated heterocycles. The van der Waals surface area contributed by atoms with E-state index in [1.165, 1.54) is 21.6 Å². The van der Waals surface area contributed by atoms with Crippen molar-refractivity contribution in [2.45, 2.75) is 38.6 Å². The van der Waals surface area contributed by atoms with Gasteiger partial charge in [0.25, 0.3) is 0 Å². The number of likely N-dealkylation sites (tertiary alicyclic amines) is 1. The Labute approximate surface area is 157 Å². The Kier molecular flexibility index (Phi) is 7.31. The second-order valence-electron chi connectivity index (χ2n) is 6.84. The predicted molar refractivity (Wildman–Crippen MR) is 97.4 cm³/mol. The number of carbonyl (C=O) groups excluding carboxylic acids is 3. The first kappa shape index (κ1) is 20.5. The van der Waals surface area contributed by atoms with Crippen LogP contribution in [-0.4, -0.2) is 87.9 Å². The van der Waals surface area contributed by atoms with E-state index in [9.17, 15) is 19.2 Å². The Morgan fingerprint density at radius 3 is 2.62 bits per heavy atom. The molecule has 0 aromatic carbocycles. The number of carbonyl (C=O) groups is 4. The summed E-state index contributed by atoms with van der Waals surface area (Å²) in [5.41, 5.74) is 0. The minimum atomic E-state index is -0.889. The van der Waals surface area contributed by atoms with Gasteiger partial charge in [-0.2, -0.15) is 0 Å². The van der Waals surface area contributed by atoms with Gasteiger partial charge >= 0.3 is 5.97 Å². The van der Waals surface area contributed by atoms with E-state index in [0.717, 1.165) is 6.42 Å². The smallest absolute Gasteiger partial charge is 0.308 e. The van der Waals surface area contributed by atoms with Crippen LogP contribution in [0.15, 0.2) is 0 Å². The standard InChI is InChI=1S/C17H27N3O5S/c1-3-5-14(21)20-11-26-10-13(20)16(23)18(2)9-15(22)19-7-4-6-12(8-19)17(24)25/h12-13H,3-11H2,1-2H3,(H,24,25). The van der Waals surface area contributed by atoms with Crippen LogP contribution in [0.2, 0.25) is 0 Å². The quantitative estimate of drug-likeness (QED) is 0.714. The van der Waals surface area contributed by atoms with Crippen molar-refractivity contribution in [2.24, 2.45) is 5.92 Å². The number of piperidine rings is 1. The van der Waals surface area contributed by atoms with Gasteiger partial charge in [-0.05, 0) is 19.3 Å². The minimum Gasteiger partial charge on any atom is -0.481 e. The summed E-state index contributed by atoms with van der Waals surface area (Å²) in [6.45, 7) is 2.54. The lowest BCUT2D eigenvalue weighted by Crippen LogP contribution is -2.51. The van der Waals surface area contributed by atoms with Crippen molar-refractivity contribution in [3.63, 3.8) is 0 Å². The molecule has 0 radical (unpaired) electrons. The molecular formula is C17H27N3O5S. The van der Waals surface area contributed by atoms with Gasteiger partial charge in [0.15, 0.2) is 0 Å². The first-order valence-corrected chi connectivity index (χ1v) is 10.1. The summed E-state index contributed by atoms with van der Waals surface area (Å²) in [5.74, 6) is -0.900. The number of aliphatic carboxylic acids is 1. The monoisotopic (exact) mass is 385 g/mol. The van der Waals surface area contributed by atoms with Gasteiger partial charge in [-0.3, -0.25) is 19.2 Å². The molecule has 146 valence electrons. The third-order valence-corrected chi connectivity index (χ3v) is 5.84. The van der Waals surface area contributed by atoms with Crippen molar-refractivity contribution in [1.29, 1.82) is 0 Å². The molecule has 2 rings (SSSR count). The molecular weight excluding hydrogens is 358 g/mol. The van der Waals surface area contributed by atoms with Gasteiger partial charge in [0.05, 0.1) is 18.3 Å². The molecule has 2 atom stereocenters. The minimum absolute atomic E-state index is 0.0316. The fraction of sp³-hybridized carbons (Fsp3) is 0.765. The number of hydrogen-bond acceptors (Lipinski definition) is 5. The highest BCUT2D eigenvalue weighted by molar-refractivity contribution is 7.99. The van der Waals surface area contributed by atoms with E-state index < -0.39 is 17.9 Å². The van der Waals surface area contributed by atoms with Gasteiger partial charge in [-0.1, -0.05) is 6.92 Å². The van der Waals surface area contributed by atoms with E-state index in [1.807, 2.05) is 6.92 Å².